The van der Waals surface area contributed by atoms with Crippen molar-refractivity contribution in [3.05, 3.63) is 78.9 Å². The fourth-order valence-corrected chi connectivity index (χ4v) is 5.73. The molecule has 178 valence electrons. The van der Waals surface area contributed by atoms with E-state index in [-0.39, 0.29) is 6.09 Å². The summed E-state index contributed by atoms with van der Waals surface area (Å²) in [6.07, 6.45) is 9.30. The first-order valence-corrected chi connectivity index (χ1v) is 12.2. The first-order chi connectivity index (χ1) is 17.1. The number of amides is 1. The summed E-state index contributed by atoms with van der Waals surface area (Å²) in [6, 6.07) is 18.1. The molecule has 4 aromatic rings. The molecule has 2 aromatic heterocycles. The molecule has 2 N–H and O–H groups in total. The lowest BCUT2D eigenvalue weighted by atomic mass is 9.78. The van der Waals surface area contributed by atoms with E-state index in [2.05, 4.69) is 32.7 Å². The smallest absolute Gasteiger partial charge is 0.410 e. The minimum atomic E-state index is -0.417. The van der Waals surface area contributed by atoms with E-state index in [1.807, 2.05) is 60.0 Å². The maximum Gasteiger partial charge on any atom is 0.410 e. The average molecular weight is 468 g/mol. The molecule has 1 aliphatic carbocycles. The molecule has 0 unspecified atom stereocenters. The Bertz CT molecular complexity index is 1370. The third-order valence-corrected chi connectivity index (χ3v) is 7.32. The summed E-state index contributed by atoms with van der Waals surface area (Å²) in [5, 5.41) is 0. The highest BCUT2D eigenvalue weighted by Crippen LogP contribution is 2.41. The number of nitrogen functional groups attached to an aromatic ring is 1. The zero-order valence-electron chi connectivity index (χ0n) is 19.6. The van der Waals surface area contributed by atoms with Crippen molar-refractivity contribution >= 4 is 22.8 Å². The predicted molar refractivity (Wildman–Crippen MR) is 135 cm³/mol. The zero-order valence-corrected chi connectivity index (χ0v) is 19.6. The summed E-state index contributed by atoms with van der Waals surface area (Å²) in [5.74, 6) is 0.415. The monoisotopic (exact) mass is 467 g/mol. The van der Waals surface area contributed by atoms with Crippen LogP contribution in [0.4, 0.5) is 10.5 Å². The van der Waals surface area contributed by atoms with Gasteiger partial charge in [-0.15, -0.1) is 0 Å². The molecule has 2 aromatic carbocycles. The van der Waals surface area contributed by atoms with E-state index in [1.165, 1.54) is 0 Å². The van der Waals surface area contributed by atoms with Crippen molar-refractivity contribution in [3.63, 3.8) is 0 Å². The highest BCUT2D eigenvalue weighted by molar-refractivity contribution is 5.79. The number of rotatable bonds is 5. The zero-order chi connectivity index (χ0) is 23.8. The summed E-state index contributed by atoms with van der Waals surface area (Å²) in [5.41, 5.74) is 11.5. The molecule has 1 saturated carbocycles. The summed E-state index contributed by atoms with van der Waals surface area (Å²) < 4.78 is 8.25. The van der Waals surface area contributed by atoms with Crippen LogP contribution in [0, 0.1) is 5.92 Å². The minimum Gasteiger partial charge on any atom is -0.441 e. The van der Waals surface area contributed by atoms with E-state index in [0.29, 0.717) is 19.0 Å². The van der Waals surface area contributed by atoms with Crippen LogP contribution in [0.5, 0.6) is 0 Å². The number of hydrogen-bond donors (Lipinski definition) is 1. The van der Waals surface area contributed by atoms with Crippen LogP contribution in [-0.4, -0.2) is 37.7 Å². The molecule has 2 fully saturated rings. The molecule has 7 heteroatoms. The van der Waals surface area contributed by atoms with E-state index in [4.69, 9.17) is 10.5 Å². The third kappa shape index (κ3) is 4.34. The van der Waals surface area contributed by atoms with Crippen molar-refractivity contribution in [1.82, 2.24) is 19.4 Å². The van der Waals surface area contributed by atoms with Gasteiger partial charge < -0.3 is 15.0 Å². The van der Waals surface area contributed by atoms with Crippen molar-refractivity contribution in [3.8, 4) is 11.1 Å². The van der Waals surface area contributed by atoms with Gasteiger partial charge in [-0.1, -0.05) is 30.3 Å². The number of ether oxygens (including phenoxy) is 1. The second-order valence-corrected chi connectivity index (χ2v) is 9.96. The third-order valence-electron chi connectivity index (χ3n) is 7.32. The van der Waals surface area contributed by atoms with Crippen molar-refractivity contribution in [2.24, 2.45) is 5.92 Å². The maximum atomic E-state index is 12.9. The van der Waals surface area contributed by atoms with Crippen LogP contribution in [0.15, 0.2) is 73.3 Å². The van der Waals surface area contributed by atoms with Crippen molar-refractivity contribution < 1.29 is 9.53 Å². The lowest BCUT2D eigenvalue weighted by molar-refractivity contribution is 0.00415. The molecule has 2 aliphatic rings. The molecule has 6 rings (SSSR count). The van der Waals surface area contributed by atoms with Crippen LogP contribution in [-0.2, 0) is 17.8 Å². The SMILES string of the molecule is Nc1ccc2ncn(C[C@H]3CCC[C@]4(C3)CN(Cc3cncc(-c5ccccc5)c3)C(=O)O4)c2c1. The van der Waals surface area contributed by atoms with Gasteiger partial charge in [-0.25, -0.2) is 9.78 Å². The molecule has 35 heavy (non-hydrogen) atoms. The van der Waals surface area contributed by atoms with Gasteiger partial charge in [0, 0.05) is 30.2 Å². The predicted octanol–water partition coefficient (Wildman–Crippen LogP) is 5.26. The quantitative estimate of drug-likeness (QED) is 0.405. The van der Waals surface area contributed by atoms with Crippen LogP contribution in [0.3, 0.4) is 0 Å². The van der Waals surface area contributed by atoms with Crippen molar-refractivity contribution in [1.29, 1.82) is 0 Å². The summed E-state index contributed by atoms with van der Waals surface area (Å²) in [7, 11) is 0. The highest BCUT2D eigenvalue weighted by Gasteiger charge is 2.47. The Kier molecular flexibility index (Phi) is 5.40. The Balaban J connectivity index is 1.15. The number of pyridine rings is 1. The molecule has 1 amide bonds. The number of benzene rings is 2. The molecule has 1 aliphatic heterocycles. The second kappa shape index (κ2) is 8.73. The highest BCUT2D eigenvalue weighted by atomic mass is 16.6. The molecule has 7 nitrogen and oxygen atoms in total. The standard InChI is InChI=1S/C28H29N5O2/c29-24-8-9-25-26(12-24)33(19-31-25)16-20-5-4-10-28(13-20)18-32(27(34)35-28)17-21-11-23(15-30-14-21)22-6-2-1-3-7-22/h1-3,6-9,11-12,14-15,19-20H,4-5,10,13,16-18,29H2/t20-,28-/m0/s1. The summed E-state index contributed by atoms with van der Waals surface area (Å²) in [6.45, 7) is 1.97. The van der Waals surface area contributed by atoms with Crippen LogP contribution in [0.1, 0.15) is 31.2 Å². The maximum absolute atomic E-state index is 12.9. The molecule has 2 atom stereocenters. The molecular formula is C28H29N5O2. The minimum absolute atomic E-state index is 0.225. The van der Waals surface area contributed by atoms with E-state index >= 15 is 0 Å². The summed E-state index contributed by atoms with van der Waals surface area (Å²) >= 11 is 0. The summed E-state index contributed by atoms with van der Waals surface area (Å²) in [4.78, 5) is 23.7. The van der Waals surface area contributed by atoms with Crippen molar-refractivity contribution in [2.45, 2.75) is 44.4 Å². The number of carbonyl (C=O) groups is 1. The van der Waals surface area contributed by atoms with Crippen LogP contribution in [0.25, 0.3) is 22.2 Å². The molecule has 0 radical (unpaired) electrons. The van der Waals surface area contributed by atoms with Crippen molar-refractivity contribution in [2.75, 3.05) is 12.3 Å². The molecule has 1 spiro atoms. The number of anilines is 1. The first-order valence-electron chi connectivity index (χ1n) is 12.2. The lowest BCUT2D eigenvalue weighted by Crippen LogP contribution is -2.40. The number of hydrogen-bond acceptors (Lipinski definition) is 5. The Morgan fingerprint density at radius 2 is 1.97 bits per heavy atom. The number of aromatic nitrogens is 3. The Labute approximate surface area is 204 Å². The van der Waals surface area contributed by atoms with Gasteiger partial charge in [-0.2, -0.15) is 0 Å². The van der Waals surface area contributed by atoms with E-state index in [1.54, 1.807) is 0 Å². The fraction of sp³-hybridized carbons (Fsp3) is 0.321. The van der Waals surface area contributed by atoms with Gasteiger partial charge in [0.2, 0.25) is 0 Å². The van der Waals surface area contributed by atoms with Gasteiger partial charge >= 0.3 is 6.09 Å². The normalized spacial score (nSPS) is 22.1. The van der Waals surface area contributed by atoms with Crippen LogP contribution >= 0.6 is 0 Å². The lowest BCUT2D eigenvalue weighted by Gasteiger charge is -2.36. The largest absolute Gasteiger partial charge is 0.441 e. The Morgan fingerprint density at radius 1 is 1.09 bits per heavy atom. The topological polar surface area (TPSA) is 86.3 Å². The van der Waals surface area contributed by atoms with Crippen LogP contribution in [0.2, 0.25) is 0 Å². The van der Waals surface area contributed by atoms with Gasteiger partial charge in [-0.3, -0.25) is 9.88 Å². The second-order valence-electron chi connectivity index (χ2n) is 9.96. The van der Waals surface area contributed by atoms with Crippen LogP contribution < -0.4 is 5.73 Å². The average Bonchev–Trinajstić information content (AvgIpc) is 3.39. The van der Waals surface area contributed by atoms with E-state index < -0.39 is 5.60 Å². The fourth-order valence-electron chi connectivity index (χ4n) is 5.73. The molecular weight excluding hydrogens is 438 g/mol. The van der Waals surface area contributed by atoms with Gasteiger partial charge in [-0.05, 0) is 67.0 Å². The van der Waals surface area contributed by atoms with Gasteiger partial charge in [0.1, 0.15) is 5.60 Å². The van der Waals surface area contributed by atoms with E-state index in [0.717, 1.165) is 65.6 Å². The number of imidazole rings is 1. The van der Waals surface area contributed by atoms with Gasteiger partial charge in [0.15, 0.2) is 0 Å². The molecule has 3 heterocycles. The number of nitrogens with two attached hydrogens (primary N) is 1. The number of nitrogens with zero attached hydrogens (tertiary/aromatic N) is 4. The first kappa shape index (κ1) is 21.6. The molecule has 1 saturated heterocycles. The number of fused-ring (bicyclic) bond motifs is 1. The van der Waals surface area contributed by atoms with Gasteiger partial charge in [0.25, 0.3) is 0 Å². The Morgan fingerprint density at radius 3 is 2.86 bits per heavy atom. The van der Waals surface area contributed by atoms with E-state index in [9.17, 15) is 4.79 Å². The number of carbonyl (C=O) groups excluding carboxylic acids is 1. The molecule has 0 bridgehead atoms. The Hall–Kier alpha value is -3.87. The van der Waals surface area contributed by atoms with Gasteiger partial charge in [0.05, 0.1) is 30.5 Å².